The second-order valence-electron chi connectivity index (χ2n) is 9.44. The Bertz CT molecular complexity index is 1170. The quantitative estimate of drug-likeness (QED) is 0.331. The Morgan fingerprint density at radius 3 is 2.32 bits per heavy atom. The number of urea groups is 1. The molecule has 11 nitrogen and oxygen atoms in total. The molecule has 5 N–H and O–H groups in total. The molecule has 1 aliphatic carbocycles. The SMILES string of the molecule is CCCCN1CCC=C2c3cccc4c3c(cn4NC(=O)N(CC)CC)C[C@H]21.O=C(O)C(O)C(O)C(=O)O. The zero-order valence-electron chi connectivity index (χ0n) is 22.1. The van der Waals surface area contributed by atoms with Gasteiger partial charge in [0.25, 0.3) is 0 Å². The van der Waals surface area contributed by atoms with E-state index in [1.807, 2.05) is 23.4 Å². The standard InChI is InChI=1S/C23H32N4O.C4H6O6/c1-4-7-13-26-14-9-11-18-19-10-8-12-20-22(19)17(15-21(18)26)16-27(20)24-23(28)25(5-2)6-3;5-1(3(7)8)2(6)4(9)10/h8,10-12,16,21H,4-7,9,13-15H2,1-3H3,(H,24,28);1-2,5-6H,(H,7,8)(H,9,10)/t21-;/m1./s1. The van der Waals surface area contributed by atoms with E-state index in [-0.39, 0.29) is 6.03 Å². The van der Waals surface area contributed by atoms with Crippen molar-refractivity contribution in [3.05, 3.63) is 41.6 Å². The van der Waals surface area contributed by atoms with Crippen LogP contribution in [0.3, 0.4) is 0 Å². The monoisotopic (exact) mass is 530 g/mol. The number of carbonyl (C=O) groups excluding carboxylic acids is 1. The number of hydrogen-bond acceptors (Lipinski definition) is 6. The molecule has 208 valence electrons. The highest BCUT2D eigenvalue weighted by Gasteiger charge is 2.33. The van der Waals surface area contributed by atoms with Crippen molar-refractivity contribution in [2.24, 2.45) is 0 Å². The number of nitrogens with zero attached hydrogens (tertiary/aromatic N) is 3. The Hall–Kier alpha value is -3.41. The minimum Gasteiger partial charge on any atom is -0.479 e. The fourth-order valence-electron chi connectivity index (χ4n) is 5.05. The van der Waals surface area contributed by atoms with Gasteiger partial charge in [-0.3, -0.25) is 9.58 Å². The van der Waals surface area contributed by atoms with E-state index in [1.165, 1.54) is 41.5 Å². The minimum atomic E-state index is -2.27. The lowest BCUT2D eigenvalue weighted by atomic mass is 9.81. The van der Waals surface area contributed by atoms with Crippen molar-refractivity contribution in [2.45, 2.75) is 64.7 Å². The van der Waals surface area contributed by atoms with Crippen molar-refractivity contribution in [1.82, 2.24) is 14.5 Å². The van der Waals surface area contributed by atoms with Gasteiger partial charge in [0.15, 0.2) is 12.2 Å². The highest BCUT2D eigenvalue weighted by molar-refractivity contribution is 5.99. The highest BCUT2D eigenvalue weighted by Crippen LogP contribution is 2.41. The van der Waals surface area contributed by atoms with Gasteiger partial charge in [-0.2, -0.15) is 0 Å². The van der Waals surface area contributed by atoms with Crippen LogP contribution in [0.25, 0.3) is 16.5 Å². The second kappa shape index (κ2) is 12.9. The predicted octanol–water partition coefficient (Wildman–Crippen LogP) is 2.34. The van der Waals surface area contributed by atoms with Crippen molar-refractivity contribution < 1.29 is 34.8 Å². The number of unbranched alkanes of at least 4 members (excludes halogenated alkanes) is 1. The van der Waals surface area contributed by atoms with Gasteiger partial charge < -0.3 is 25.3 Å². The summed E-state index contributed by atoms with van der Waals surface area (Å²) in [5, 5.41) is 33.8. The molecule has 2 unspecified atom stereocenters. The summed E-state index contributed by atoms with van der Waals surface area (Å²) in [7, 11) is 0. The maximum absolute atomic E-state index is 12.6. The van der Waals surface area contributed by atoms with E-state index in [1.54, 1.807) is 0 Å². The third-order valence-corrected chi connectivity index (χ3v) is 7.08. The Morgan fingerprint density at radius 1 is 1.08 bits per heavy atom. The third kappa shape index (κ3) is 6.17. The summed E-state index contributed by atoms with van der Waals surface area (Å²) in [4.78, 5) is 36.6. The van der Waals surface area contributed by atoms with Crippen LogP contribution < -0.4 is 5.43 Å². The summed E-state index contributed by atoms with van der Waals surface area (Å²) in [5.74, 6) is -3.54. The Balaban J connectivity index is 0.000000342. The summed E-state index contributed by atoms with van der Waals surface area (Å²) >= 11 is 0. The van der Waals surface area contributed by atoms with Gasteiger partial charge in [0, 0.05) is 37.3 Å². The smallest absolute Gasteiger partial charge is 0.336 e. The molecule has 2 heterocycles. The van der Waals surface area contributed by atoms with E-state index in [4.69, 9.17) is 20.4 Å². The molecular formula is C27H38N4O7. The first-order valence-electron chi connectivity index (χ1n) is 13.1. The number of aromatic nitrogens is 1. The van der Waals surface area contributed by atoms with Crippen molar-refractivity contribution in [3.8, 4) is 0 Å². The van der Waals surface area contributed by atoms with Crippen LogP contribution in [0.5, 0.6) is 0 Å². The number of benzene rings is 1. The summed E-state index contributed by atoms with van der Waals surface area (Å²) in [6, 6.07) is 6.91. The van der Waals surface area contributed by atoms with Crippen LogP contribution in [0.15, 0.2) is 30.5 Å². The van der Waals surface area contributed by atoms with E-state index in [2.05, 4.69) is 47.7 Å². The summed E-state index contributed by atoms with van der Waals surface area (Å²) in [5.41, 5.74) is 8.36. The van der Waals surface area contributed by atoms with E-state index < -0.39 is 24.1 Å². The molecule has 2 aliphatic rings. The molecule has 1 aromatic heterocycles. The van der Waals surface area contributed by atoms with Crippen LogP contribution in [0.4, 0.5) is 4.79 Å². The van der Waals surface area contributed by atoms with E-state index in [9.17, 15) is 14.4 Å². The summed E-state index contributed by atoms with van der Waals surface area (Å²) in [6.45, 7) is 10.0. The minimum absolute atomic E-state index is 0.0423. The van der Waals surface area contributed by atoms with Gasteiger partial charge in [0.05, 0.1) is 5.52 Å². The van der Waals surface area contributed by atoms with Gasteiger partial charge in [-0.25, -0.2) is 19.8 Å². The molecule has 0 saturated heterocycles. The van der Waals surface area contributed by atoms with Gasteiger partial charge >= 0.3 is 18.0 Å². The zero-order chi connectivity index (χ0) is 28.0. The Labute approximate surface area is 221 Å². The number of nitrogens with one attached hydrogen (secondary N) is 1. The average Bonchev–Trinajstić information content (AvgIpc) is 3.25. The van der Waals surface area contributed by atoms with Crippen LogP contribution in [0, 0.1) is 0 Å². The Kier molecular flexibility index (Phi) is 9.90. The maximum atomic E-state index is 12.6. The van der Waals surface area contributed by atoms with Gasteiger partial charge in [0.2, 0.25) is 0 Å². The van der Waals surface area contributed by atoms with Crippen molar-refractivity contribution in [1.29, 1.82) is 0 Å². The molecular weight excluding hydrogens is 492 g/mol. The van der Waals surface area contributed by atoms with Gasteiger partial charge in [-0.1, -0.05) is 31.6 Å². The maximum Gasteiger partial charge on any atom is 0.336 e. The number of fused-ring (bicyclic) bond motifs is 2. The normalized spacial score (nSPS) is 17.9. The fourth-order valence-corrected chi connectivity index (χ4v) is 5.05. The van der Waals surface area contributed by atoms with Crippen LogP contribution in [-0.4, -0.2) is 97.3 Å². The molecule has 0 saturated carbocycles. The molecule has 2 amide bonds. The second-order valence-corrected chi connectivity index (χ2v) is 9.44. The lowest BCUT2D eigenvalue weighted by molar-refractivity contribution is -0.165. The van der Waals surface area contributed by atoms with E-state index in [0.717, 1.165) is 24.9 Å². The van der Waals surface area contributed by atoms with Gasteiger partial charge in [-0.15, -0.1) is 0 Å². The zero-order valence-corrected chi connectivity index (χ0v) is 22.1. The molecule has 11 heteroatoms. The van der Waals surface area contributed by atoms with Crippen molar-refractivity contribution >= 4 is 34.4 Å². The van der Waals surface area contributed by atoms with Gasteiger partial charge in [-0.05, 0) is 62.4 Å². The molecule has 0 bridgehead atoms. The fraction of sp³-hybridized carbons (Fsp3) is 0.519. The molecule has 0 spiro atoms. The molecule has 3 atom stereocenters. The summed E-state index contributed by atoms with van der Waals surface area (Å²) in [6.07, 6.45) is 4.68. The molecule has 1 aromatic carbocycles. The first kappa shape index (κ1) is 29.2. The first-order valence-corrected chi connectivity index (χ1v) is 13.1. The number of rotatable bonds is 9. The van der Waals surface area contributed by atoms with Crippen LogP contribution in [0.1, 0.15) is 51.2 Å². The van der Waals surface area contributed by atoms with Gasteiger partial charge in [0.1, 0.15) is 0 Å². The number of aliphatic hydroxyl groups excluding tert-OH is 2. The number of amides is 2. The number of carboxylic acid groups (broad SMARTS) is 2. The number of aliphatic hydroxyl groups is 2. The number of hydrogen-bond donors (Lipinski definition) is 5. The molecule has 0 fully saturated rings. The van der Waals surface area contributed by atoms with Crippen molar-refractivity contribution in [3.63, 3.8) is 0 Å². The number of carboxylic acids is 2. The largest absolute Gasteiger partial charge is 0.479 e. The molecule has 1 aliphatic heterocycles. The lowest BCUT2D eigenvalue weighted by Crippen LogP contribution is -2.42. The van der Waals surface area contributed by atoms with Crippen LogP contribution in [-0.2, 0) is 16.0 Å². The van der Waals surface area contributed by atoms with E-state index >= 15 is 0 Å². The molecule has 4 rings (SSSR count). The first-order chi connectivity index (χ1) is 18.1. The van der Waals surface area contributed by atoms with Crippen LogP contribution in [0.2, 0.25) is 0 Å². The predicted molar refractivity (Wildman–Crippen MR) is 143 cm³/mol. The summed E-state index contributed by atoms with van der Waals surface area (Å²) < 4.78 is 1.93. The topological polar surface area (TPSA) is 156 Å². The highest BCUT2D eigenvalue weighted by atomic mass is 16.4. The van der Waals surface area contributed by atoms with Crippen LogP contribution >= 0.6 is 0 Å². The Morgan fingerprint density at radius 2 is 1.74 bits per heavy atom. The number of aliphatic carboxylic acids is 2. The molecule has 2 aromatic rings. The number of carbonyl (C=O) groups is 3. The van der Waals surface area contributed by atoms with E-state index in [0.29, 0.717) is 19.1 Å². The third-order valence-electron chi connectivity index (χ3n) is 7.08. The molecule has 0 radical (unpaired) electrons. The average molecular weight is 531 g/mol. The lowest BCUT2D eigenvalue weighted by Gasteiger charge is -2.39. The van der Waals surface area contributed by atoms with Crippen molar-refractivity contribution in [2.75, 3.05) is 31.6 Å². The molecule has 38 heavy (non-hydrogen) atoms.